The number of amides is 2. The molecule has 0 atom stereocenters. The Morgan fingerprint density at radius 3 is 1.26 bits per heavy atom. The minimum absolute atomic E-state index is 0.0200. The highest BCUT2D eigenvalue weighted by Crippen LogP contribution is 2.36. The Morgan fingerprint density at radius 2 is 0.902 bits per heavy atom. The summed E-state index contributed by atoms with van der Waals surface area (Å²) in [7, 11) is 3.47. The highest BCUT2D eigenvalue weighted by molar-refractivity contribution is 6.29. The zero-order chi connectivity index (χ0) is 58.0. The van der Waals surface area contributed by atoms with E-state index in [2.05, 4.69) is 40.5 Å². The first-order valence-corrected chi connectivity index (χ1v) is 27.5. The van der Waals surface area contributed by atoms with Crippen molar-refractivity contribution in [3.63, 3.8) is 0 Å². The van der Waals surface area contributed by atoms with Crippen LogP contribution in [0.2, 0.25) is 0 Å². The first-order valence-electron chi connectivity index (χ1n) is 27.0. The number of alkyl halides is 1. The van der Waals surface area contributed by atoms with Crippen LogP contribution >= 0.6 is 11.6 Å². The van der Waals surface area contributed by atoms with Crippen LogP contribution in [0.4, 0.5) is 34.6 Å². The zero-order valence-electron chi connectivity index (χ0n) is 47.0. The van der Waals surface area contributed by atoms with E-state index < -0.39 is 0 Å². The van der Waals surface area contributed by atoms with E-state index in [1.54, 1.807) is 43.8 Å². The van der Waals surface area contributed by atoms with Crippen LogP contribution in [-0.2, 0) is 9.59 Å². The molecule has 4 aromatic heterocycles. The van der Waals surface area contributed by atoms with Crippen molar-refractivity contribution >= 4 is 91.3 Å². The van der Waals surface area contributed by atoms with Crippen molar-refractivity contribution < 1.29 is 19.8 Å². The second-order valence-corrected chi connectivity index (χ2v) is 21.0. The normalized spacial score (nSPS) is 11.8. The van der Waals surface area contributed by atoms with Crippen LogP contribution in [0.15, 0.2) is 180 Å². The lowest BCUT2D eigenvalue weighted by atomic mass is 9.99. The standard InChI is InChI=1S/C34H36N6O2.C31H29ClN6O2/c1-21(2)17-30(41)40(5)27-14-12-26(13-15-27)38-32(23-9-7-6-8-10-23)31-28-16-11-24(18-29(28)39-33(31)42)25-19-35-34(36-20-25)37-22(3)4;1-19(2)35-31-33-17-22(18-34-31)21-9-14-25-26(15-21)37-30(40)28(25)29(20-7-5-4-6-8-20)36-23-10-12-24(13-11-23)38(3)27(39)16-32/h6-16,18-22,39,42H,17H2,1-5H3,(H,35,36,37);4-15,17-19,37,40H,16H2,1-3H3,(H,33,34,35). The summed E-state index contributed by atoms with van der Waals surface area (Å²) in [6, 6.07) is 46.7. The van der Waals surface area contributed by atoms with Gasteiger partial charge in [-0.3, -0.25) is 9.59 Å². The zero-order valence-corrected chi connectivity index (χ0v) is 47.7. The Balaban J connectivity index is 0.000000198. The van der Waals surface area contributed by atoms with E-state index in [0.717, 1.165) is 60.9 Å². The number of H-pyrrole nitrogens is 2. The molecule has 6 N–H and O–H groups in total. The molecule has 0 aliphatic heterocycles. The quantitative estimate of drug-likeness (QED) is 0.0375. The third-order valence-electron chi connectivity index (χ3n) is 13.3. The maximum Gasteiger partial charge on any atom is 0.241 e. The Labute approximate surface area is 481 Å². The van der Waals surface area contributed by atoms with Gasteiger partial charge in [-0.05, 0) is 105 Å². The molecule has 0 fully saturated rings. The second-order valence-electron chi connectivity index (χ2n) is 20.7. The van der Waals surface area contributed by atoms with Crippen LogP contribution in [0, 0.1) is 5.92 Å². The van der Waals surface area contributed by atoms with E-state index in [4.69, 9.17) is 21.6 Å². The molecule has 82 heavy (non-hydrogen) atoms. The number of hydrogen-bond donors (Lipinski definition) is 6. The summed E-state index contributed by atoms with van der Waals surface area (Å²) in [4.78, 5) is 61.6. The lowest BCUT2D eigenvalue weighted by Crippen LogP contribution is -2.27. The van der Waals surface area contributed by atoms with E-state index in [1.165, 1.54) is 4.90 Å². The highest BCUT2D eigenvalue weighted by atomic mass is 35.5. The summed E-state index contributed by atoms with van der Waals surface area (Å²) in [5.74, 6) is 1.29. The summed E-state index contributed by atoms with van der Waals surface area (Å²) in [6.45, 7) is 12.2. The molecule has 10 aromatic rings. The Bertz CT molecular complexity index is 3880. The molecule has 6 aromatic carbocycles. The van der Waals surface area contributed by atoms with Gasteiger partial charge in [-0.1, -0.05) is 98.8 Å². The SMILES string of the molecule is CC(C)CC(=O)N(C)c1ccc(N=C(c2ccccc2)c2c(O)[nH]c3cc(-c4cnc(NC(C)C)nc4)ccc23)cc1.CC(C)Nc1ncc(-c2ccc3c(C(=Nc4ccc(N(C)C(=O)CCl)cc4)c4ccccc4)c(O)[nH]c3c2)cn1. The number of nitrogens with zero attached hydrogens (tertiary/aromatic N) is 8. The van der Waals surface area contributed by atoms with Crippen molar-refractivity contribution in [1.29, 1.82) is 0 Å². The number of carbonyl (C=O) groups excluding carboxylic acids is 2. The largest absolute Gasteiger partial charge is 0.494 e. The number of aliphatic imine (C=N–C) groups is 2. The molecule has 10 rings (SSSR count). The Hall–Kier alpha value is -9.67. The molecule has 416 valence electrons. The van der Waals surface area contributed by atoms with Gasteiger partial charge in [0.2, 0.25) is 23.7 Å². The van der Waals surface area contributed by atoms with E-state index in [-0.39, 0.29) is 47.5 Å². The molecular weight excluding hydrogens is 1050 g/mol. The van der Waals surface area contributed by atoms with Gasteiger partial charge in [-0.2, -0.15) is 0 Å². The van der Waals surface area contributed by atoms with Gasteiger partial charge >= 0.3 is 0 Å². The minimum atomic E-state index is -0.194. The van der Waals surface area contributed by atoms with Crippen molar-refractivity contribution in [2.45, 2.75) is 60.0 Å². The van der Waals surface area contributed by atoms with Crippen molar-refractivity contribution in [2.75, 3.05) is 40.4 Å². The van der Waals surface area contributed by atoms with Gasteiger partial charge in [0.1, 0.15) is 5.88 Å². The topological polar surface area (TPSA) is 213 Å². The predicted molar refractivity (Wildman–Crippen MR) is 333 cm³/mol. The second kappa shape index (κ2) is 25.6. The maximum absolute atomic E-state index is 12.5. The third-order valence-corrected chi connectivity index (χ3v) is 13.6. The molecule has 0 radical (unpaired) electrons. The summed E-state index contributed by atoms with van der Waals surface area (Å²) >= 11 is 5.70. The number of benzene rings is 6. The number of halogens is 1. The van der Waals surface area contributed by atoms with Gasteiger partial charge in [-0.15, -0.1) is 11.6 Å². The van der Waals surface area contributed by atoms with Crippen LogP contribution in [0.1, 0.15) is 70.2 Å². The highest BCUT2D eigenvalue weighted by Gasteiger charge is 2.22. The van der Waals surface area contributed by atoms with E-state index >= 15 is 0 Å². The predicted octanol–water partition coefficient (Wildman–Crippen LogP) is 13.9. The average molecular weight is 1110 g/mol. The van der Waals surface area contributed by atoms with Crippen LogP contribution < -0.4 is 20.4 Å². The van der Waals surface area contributed by atoms with E-state index in [9.17, 15) is 19.8 Å². The number of aromatic amines is 2. The Morgan fingerprint density at radius 1 is 0.524 bits per heavy atom. The minimum Gasteiger partial charge on any atom is -0.494 e. The summed E-state index contributed by atoms with van der Waals surface area (Å²) in [6.07, 6.45) is 7.63. The van der Waals surface area contributed by atoms with Crippen molar-refractivity contribution in [3.05, 3.63) is 193 Å². The average Bonchev–Trinajstić information content (AvgIpc) is 4.16. The number of hydrogen-bond acceptors (Lipinski definition) is 12. The van der Waals surface area contributed by atoms with Gasteiger partial charge in [0.25, 0.3) is 0 Å². The van der Waals surface area contributed by atoms with Gasteiger partial charge in [0.15, 0.2) is 11.8 Å². The van der Waals surface area contributed by atoms with Gasteiger partial charge in [0.05, 0.1) is 33.9 Å². The molecule has 2 amide bonds. The van der Waals surface area contributed by atoms with Crippen LogP contribution in [0.25, 0.3) is 44.1 Å². The first kappa shape index (κ1) is 57.0. The van der Waals surface area contributed by atoms with Crippen molar-refractivity contribution in [1.82, 2.24) is 29.9 Å². The van der Waals surface area contributed by atoms with Crippen molar-refractivity contribution in [3.8, 4) is 34.0 Å². The number of aromatic nitrogens is 6. The number of nitrogens with one attached hydrogen (secondary N) is 4. The van der Waals surface area contributed by atoms with Gasteiger partial charge in [-0.25, -0.2) is 29.9 Å². The lowest BCUT2D eigenvalue weighted by Gasteiger charge is -2.18. The molecule has 0 spiro atoms. The number of anilines is 4. The molecule has 0 aliphatic carbocycles. The molecule has 16 nitrogen and oxygen atoms in total. The lowest BCUT2D eigenvalue weighted by molar-refractivity contribution is -0.119. The third kappa shape index (κ3) is 13.5. The van der Waals surface area contributed by atoms with Crippen LogP contribution in [0.3, 0.4) is 0 Å². The Kier molecular flexibility index (Phi) is 17.8. The summed E-state index contributed by atoms with van der Waals surface area (Å²) in [5.41, 5.74) is 12.2. The molecule has 0 saturated heterocycles. The van der Waals surface area contributed by atoms with E-state index in [0.29, 0.717) is 57.9 Å². The number of rotatable bonds is 17. The van der Waals surface area contributed by atoms with Crippen LogP contribution in [-0.4, -0.2) is 95.4 Å². The molecule has 17 heteroatoms. The summed E-state index contributed by atoms with van der Waals surface area (Å²) < 4.78 is 0. The van der Waals surface area contributed by atoms with Crippen molar-refractivity contribution in [2.24, 2.45) is 15.9 Å². The number of carbonyl (C=O) groups is 2. The molecule has 0 aliphatic rings. The fourth-order valence-corrected chi connectivity index (χ4v) is 9.35. The molecule has 4 heterocycles. The van der Waals surface area contributed by atoms with E-state index in [1.807, 2.05) is 187 Å². The maximum atomic E-state index is 12.5. The number of aromatic hydroxyl groups is 2. The molecular formula is C65H65ClN12O4. The fraction of sp³-hybridized carbons (Fsp3) is 0.200. The monoisotopic (exact) mass is 1110 g/mol. The molecule has 0 saturated carbocycles. The first-order chi connectivity index (χ1) is 39.5. The molecule has 0 bridgehead atoms. The fourth-order valence-electron chi connectivity index (χ4n) is 9.17. The number of fused-ring (bicyclic) bond motifs is 2. The van der Waals surface area contributed by atoms with Gasteiger partial charge in [0, 0.05) is 113 Å². The van der Waals surface area contributed by atoms with Crippen LogP contribution in [0.5, 0.6) is 11.8 Å². The molecule has 0 unspecified atom stereocenters. The smallest absolute Gasteiger partial charge is 0.241 e. The van der Waals surface area contributed by atoms with Gasteiger partial charge < -0.3 is 40.6 Å². The summed E-state index contributed by atoms with van der Waals surface area (Å²) in [5, 5.41) is 30.3.